The van der Waals surface area contributed by atoms with Gasteiger partial charge in [-0.15, -0.1) is 0 Å². The summed E-state index contributed by atoms with van der Waals surface area (Å²) in [5.41, 5.74) is 0.286. The first-order chi connectivity index (χ1) is 12.1. The van der Waals surface area contributed by atoms with Crippen molar-refractivity contribution in [2.24, 2.45) is 0 Å². The number of benzene rings is 1. The average molecular weight is 340 g/mol. The Hall–Kier alpha value is -3.47. The molecule has 3 aromatic rings. The van der Waals surface area contributed by atoms with E-state index in [2.05, 4.69) is 10.1 Å². The Morgan fingerprint density at radius 1 is 1.32 bits per heavy atom. The quantitative estimate of drug-likeness (QED) is 0.706. The van der Waals surface area contributed by atoms with Crippen LogP contribution in [0, 0.1) is 24.1 Å². The van der Waals surface area contributed by atoms with Gasteiger partial charge in [-0.1, -0.05) is 5.16 Å². The highest BCUT2D eigenvalue weighted by Crippen LogP contribution is 2.12. The zero-order valence-corrected chi connectivity index (χ0v) is 13.3. The molecule has 0 unspecified atom stereocenters. The summed E-state index contributed by atoms with van der Waals surface area (Å²) in [5.74, 6) is 0.628. The van der Waals surface area contributed by atoms with E-state index < -0.39 is 5.56 Å². The molecule has 1 aromatic carbocycles. The van der Waals surface area contributed by atoms with Gasteiger partial charge in [0.1, 0.15) is 29.7 Å². The fraction of sp³-hybridized carbons (Fsp3) is 0.176. The van der Waals surface area contributed by atoms with E-state index in [0.717, 1.165) is 0 Å². The molecule has 0 spiro atoms. The molecule has 3 rings (SSSR count). The molecule has 0 aliphatic rings. The van der Waals surface area contributed by atoms with Gasteiger partial charge >= 0.3 is 0 Å². The third kappa shape index (κ3) is 3.72. The van der Waals surface area contributed by atoms with E-state index in [1.165, 1.54) is 28.8 Å². The smallest absolute Gasteiger partial charge is 0.269 e. The summed E-state index contributed by atoms with van der Waals surface area (Å²) < 4.78 is 24.7. The monoisotopic (exact) mass is 340 g/mol. The van der Waals surface area contributed by atoms with Gasteiger partial charge in [0.05, 0.1) is 0 Å². The standard InChI is InChI=1S/C17H13FN4O3/c1-11-6-7-22(17(23)14(11)8-19)9-16-20-15(21-25-16)10-24-13-4-2-12(18)3-5-13/h2-7H,9-10H2,1H3. The minimum Gasteiger partial charge on any atom is -0.485 e. The number of nitriles is 1. The van der Waals surface area contributed by atoms with Crippen LogP contribution < -0.4 is 10.3 Å². The van der Waals surface area contributed by atoms with Gasteiger partial charge in [-0.2, -0.15) is 10.2 Å². The first-order valence-corrected chi connectivity index (χ1v) is 7.37. The van der Waals surface area contributed by atoms with E-state index in [4.69, 9.17) is 14.5 Å². The van der Waals surface area contributed by atoms with Gasteiger partial charge in [-0.25, -0.2) is 4.39 Å². The second kappa shape index (κ2) is 6.97. The number of hydrogen-bond acceptors (Lipinski definition) is 6. The highest BCUT2D eigenvalue weighted by molar-refractivity contribution is 5.34. The summed E-state index contributed by atoms with van der Waals surface area (Å²) in [6, 6.07) is 9.12. The molecule has 0 N–H and O–H groups in total. The van der Waals surface area contributed by atoms with Crippen LogP contribution in [-0.2, 0) is 13.2 Å². The minimum atomic E-state index is -0.412. The molecule has 0 bridgehead atoms. The van der Waals surface area contributed by atoms with Crippen LogP contribution in [0.1, 0.15) is 22.8 Å². The maximum Gasteiger partial charge on any atom is 0.269 e. The number of aromatic nitrogens is 3. The summed E-state index contributed by atoms with van der Waals surface area (Å²) in [6.07, 6.45) is 1.57. The number of halogens is 1. The number of ether oxygens (including phenoxy) is 1. The van der Waals surface area contributed by atoms with Crippen LogP contribution >= 0.6 is 0 Å². The van der Waals surface area contributed by atoms with Crippen molar-refractivity contribution in [2.75, 3.05) is 0 Å². The predicted molar refractivity (Wildman–Crippen MR) is 84.3 cm³/mol. The molecule has 25 heavy (non-hydrogen) atoms. The summed E-state index contributed by atoms with van der Waals surface area (Å²) in [6.45, 7) is 1.79. The SMILES string of the molecule is Cc1ccn(Cc2nc(COc3ccc(F)cc3)no2)c(=O)c1C#N. The van der Waals surface area contributed by atoms with Crippen LogP contribution in [0.15, 0.2) is 45.8 Å². The Morgan fingerprint density at radius 2 is 2.08 bits per heavy atom. The van der Waals surface area contributed by atoms with Gasteiger partial charge in [0, 0.05) is 6.20 Å². The van der Waals surface area contributed by atoms with Gasteiger partial charge in [-0.3, -0.25) is 4.79 Å². The van der Waals surface area contributed by atoms with E-state index >= 15 is 0 Å². The fourth-order valence-corrected chi connectivity index (χ4v) is 2.16. The van der Waals surface area contributed by atoms with Gasteiger partial charge in [0.15, 0.2) is 6.61 Å². The Morgan fingerprint density at radius 3 is 2.80 bits per heavy atom. The lowest BCUT2D eigenvalue weighted by molar-refractivity contribution is 0.284. The van der Waals surface area contributed by atoms with Crippen LogP contribution in [0.5, 0.6) is 5.75 Å². The molecule has 0 atom stereocenters. The van der Waals surface area contributed by atoms with Gasteiger partial charge in [0.2, 0.25) is 11.7 Å². The lowest BCUT2D eigenvalue weighted by atomic mass is 10.2. The van der Waals surface area contributed by atoms with Crippen molar-refractivity contribution in [1.29, 1.82) is 5.26 Å². The number of rotatable bonds is 5. The van der Waals surface area contributed by atoms with Gasteiger partial charge < -0.3 is 13.8 Å². The summed E-state index contributed by atoms with van der Waals surface area (Å²) in [7, 11) is 0. The first-order valence-electron chi connectivity index (χ1n) is 7.37. The predicted octanol–water partition coefficient (Wildman–Crippen LogP) is 2.18. The molecule has 2 aromatic heterocycles. The van der Waals surface area contributed by atoms with E-state index in [1.54, 1.807) is 19.2 Å². The zero-order valence-electron chi connectivity index (χ0n) is 13.3. The Kier molecular flexibility index (Phi) is 4.57. The largest absolute Gasteiger partial charge is 0.485 e. The Labute approximate surface area is 141 Å². The van der Waals surface area contributed by atoms with Crippen LogP contribution in [0.25, 0.3) is 0 Å². The lowest BCUT2D eigenvalue weighted by Crippen LogP contribution is -2.23. The lowest BCUT2D eigenvalue weighted by Gasteiger charge is -2.04. The van der Waals surface area contributed by atoms with Crippen LogP contribution in [0.2, 0.25) is 0 Å². The number of nitrogens with zero attached hydrogens (tertiary/aromatic N) is 4. The van der Waals surface area contributed by atoms with Crippen LogP contribution in [0.4, 0.5) is 4.39 Å². The number of aryl methyl sites for hydroxylation is 1. The highest BCUT2D eigenvalue weighted by Gasteiger charge is 2.11. The van der Waals surface area contributed by atoms with E-state index in [0.29, 0.717) is 17.1 Å². The van der Waals surface area contributed by atoms with Crippen LogP contribution in [0.3, 0.4) is 0 Å². The van der Waals surface area contributed by atoms with Gasteiger partial charge in [0.25, 0.3) is 5.56 Å². The maximum absolute atomic E-state index is 12.8. The molecular formula is C17H13FN4O3. The molecule has 0 radical (unpaired) electrons. The van der Waals surface area contributed by atoms with Crippen molar-refractivity contribution in [3.63, 3.8) is 0 Å². The van der Waals surface area contributed by atoms with E-state index in [9.17, 15) is 9.18 Å². The van der Waals surface area contributed by atoms with Crippen molar-refractivity contribution in [2.45, 2.75) is 20.1 Å². The molecule has 0 saturated heterocycles. The zero-order chi connectivity index (χ0) is 17.8. The summed E-state index contributed by atoms with van der Waals surface area (Å²) in [5, 5.41) is 12.8. The van der Waals surface area contributed by atoms with E-state index in [1.807, 2.05) is 6.07 Å². The molecule has 8 heteroatoms. The van der Waals surface area contributed by atoms with Crippen LogP contribution in [-0.4, -0.2) is 14.7 Å². The number of pyridine rings is 1. The second-order valence-electron chi connectivity index (χ2n) is 5.27. The third-order valence-electron chi connectivity index (χ3n) is 3.48. The molecule has 0 amide bonds. The average Bonchev–Trinajstić information content (AvgIpc) is 3.05. The molecule has 7 nitrogen and oxygen atoms in total. The maximum atomic E-state index is 12.8. The third-order valence-corrected chi connectivity index (χ3v) is 3.48. The molecular weight excluding hydrogens is 327 g/mol. The molecule has 0 aliphatic carbocycles. The topological polar surface area (TPSA) is 93.9 Å². The fourth-order valence-electron chi connectivity index (χ4n) is 2.16. The summed E-state index contributed by atoms with van der Waals surface area (Å²) in [4.78, 5) is 16.3. The highest BCUT2D eigenvalue weighted by atomic mass is 19.1. The Bertz CT molecular complexity index is 986. The van der Waals surface area contributed by atoms with Crippen molar-refractivity contribution < 1.29 is 13.7 Å². The van der Waals surface area contributed by atoms with Crippen molar-refractivity contribution >= 4 is 0 Å². The molecule has 126 valence electrons. The first kappa shape index (κ1) is 16.4. The molecule has 0 aliphatic heterocycles. The minimum absolute atomic E-state index is 0.0430. The van der Waals surface area contributed by atoms with Crippen molar-refractivity contribution in [1.82, 2.24) is 14.7 Å². The van der Waals surface area contributed by atoms with Crippen molar-refractivity contribution in [3.8, 4) is 11.8 Å². The molecule has 0 saturated carbocycles. The second-order valence-corrected chi connectivity index (χ2v) is 5.27. The van der Waals surface area contributed by atoms with Crippen molar-refractivity contribution in [3.05, 3.63) is 75.5 Å². The molecule has 0 fully saturated rings. The molecule has 2 heterocycles. The van der Waals surface area contributed by atoms with E-state index in [-0.39, 0.29) is 30.4 Å². The number of hydrogen-bond donors (Lipinski definition) is 0. The Balaban J connectivity index is 1.69. The van der Waals surface area contributed by atoms with Gasteiger partial charge in [-0.05, 0) is 42.8 Å². The summed E-state index contributed by atoms with van der Waals surface area (Å²) >= 11 is 0. The normalized spacial score (nSPS) is 10.4.